The molecule has 0 saturated heterocycles. The molecule has 3 aromatic rings. The van der Waals surface area contributed by atoms with Gasteiger partial charge in [0.2, 0.25) is 0 Å². The smallest absolute Gasteiger partial charge is 0.252 e. The number of hydrazone groups is 1. The van der Waals surface area contributed by atoms with Gasteiger partial charge in [-0.3, -0.25) is 9.69 Å². The third kappa shape index (κ3) is 3.66. The lowest BCUT2D eigenvalue weighted by molar-refractivity contribution is -0.117. The number of fused-ring (bicyclic) bond motifs is 2. The Bertz CT molecular complexity index is 974. The number of nitrogens with zero attached hydrogens (tertiary/aromatic N) is 2. The van der Waals surface area contributed by atoms with Crippen LogP contribution >= 0.6 is 11.8 Å². The number of phenols is 1. The highest BCUT2D eigenvalue weighted by Crippen LogP contribution is 2.47. The monoisotopic (exact) mass is 375 g/mol. The number of carbonyl (C=O) groups excluding carboxylic acids is 1. The molecule has 1 heterocycles. The number of carbonyl (C=O) groups is 1. The van der Waals surface area contributed by atoms with Crippen molar-refractivity contribution in [3.63, 3.8) is 0 Å². The lowest BCUT2D eigenvalue weighted by Crippen LogP contribution is -2.35. The van der Waals surface area contributed by atoms with Gasteiger partial charge in [0.25, 0.3) is 5.91 Å². The summed E-state index contributed by atoms with van der Waals surface area (Å²) in [5.41, 5.74) is 5.31. The second kappa shape index (κ2) is 7.55. The van der Waals surface area contributed by atoms with Crippen LogP contribution in [0.4, 0.5) is 11.4 Å². The van der Waals surface area contributed by atoms with E-state index in [1.165, 1.54) is 0 Å². The molecule has 6 heteroatoms. The highest BCUT2D eigenvalue weighted by atomic mass is 32.2. The number of amides is 1. The van der Waals surface area contributed by atoms with Gasteiger partial charge in [-0.1, -0.05) is 48.2 Å². The molecule has 134 valence electrons. The number of phenolic OH excluding ortho intramolecular Hbond substituents is 1. The van der Waals surface area contributed by atoms with E-state index in [4.69, 9.17) is 0 Å². The summed E-state index contributed by atoms with van der Waals surface area (Å²) >= 11 is 1.66. The predicted molar refractivity (Wildman–Crippen MR) is 108 cm³/mol. The summed E-state index contributed by atoms with van der Waals surface area (Å²) in [6, 6.07) is 22.5. The summed E-state index contributed by atoms with van der Waals surface area (Å²) in [4.78, 5) is 16.8. The topological polar surface area (TPSA) is 64.9 Å². The number of hydrogen-bond acceptors (Lipinski definition) is 5. The van der Waals surface area contributed by atoms with Crippen LogP contribution < -0.4 is 10.3 Å². The molecule has 3 aromatic carbocycles. The van der Waals surface area contributed by atoms with Crippen LogP contribution in [0.25, 0.3) is 0 Å². The average molecular weight is 375 g/mol. The normalized spacial score (nSPS) is 12.5. The van der Waals surface area contributed by atoms with Crippen LogP contribution in [0.15, 0.2) is 87.7 Å². The van der Waals surface area contributed by atoms with E-state index in [1.807, 2.05) is 54.6 Å². The van der Waals surface area contributed by atoms with E-state index >= 15 is 0 Å². The Balaban J connectivity index is 1.52. The largest absolute Gasteiger partial charge is 0.508 e. The summed E-state index contributed by atoms with van der Waals surface area (Å²) in [6.07, 6.45) is 1.57. The van der Waals surface area contributed by atoms with Crippen LogP contribution in [0.2, 0.25) is 0 Å². The first-order valence-electron chi connectivity index (χ1n) is 8.46. The maximum atomic E-state index is 12.9. The quantitative estimate of drug-likeness (QED) is 0.531. The lowest BCUT2D eigenvalue weighted by Gasteiger charge is -2.30. The zero-order valence-electron chi connectivity index (χ0n) is 14.4. The minimum atomic E-state index is -0.0942. The van der Waals surface area contributed by atoms with Gasteiger partial charge in [0.1, 0.15) is 12.3 Å². The molecule has 0 atom stereocenters. The molecule has 0 fully saturated rings. The first kappa shape index (κ1) is 17.2. The maximum Gasteiger partial charge on any atom is 0.252 e. The molecule has 2 N–H and O–H groups in total. The van der Waals surface area contributed by atoms with Crippen molar-refractivity contribution in [2.75, 3.05) is 11.4 Å². The third-order valence-corrected chi connectivity index (χ3v) is 5.22. The fraction of sp³-hybridized carbons (Fsp3) is 0.0476. The molecular formula is C21H17N3O2S. The standard InChI is InChI=1S/C21H17N3O2S/c25-16-7-5-6-15(12-16)13-22-23-14-21(26)24-17-8-1-3-10-19(17)27-20-11-4-2-9-18(20)24/h1-13,23,25H,14H2/b22-13+. The van der Waals surface area contributed by atoms with E-state index in [0.717, 1.165) is 26.7 Å². The molecule has 27 heavy (non-hydrogen) atoms. The Morgan fingerprint density at radius 2 is 1.67 bits per heavy atom. The molecule has 0 spiro atoms. The molecule has 0 aromatic heterocycles. The molecule has 0 aliphatic carbocycles. The van der Waals surface area contributed by atoms with Crippen LogP contribution in [0.1, 0.15) is 5.56 Å². The maximum absolute atomic E-state index is 12.9. The zero-order valence-corrected chi connectivity index (χ0v) is 15.2. The van der Waals surface area contributed by atoms with E-state index in [0.29, 0.717) is 0 Å². The zero-order chi connectivity index (χ0) is 18.6. The SMILES string of the molecule is O=C(CN/N=C/c1cccc(O)c1)N1c2ccccc2Sc2ccccc21. The van der Waals surface area contributed by atoms with Gasteiger partial charge >= 0.3 is 0 Å². The van der Waals surface area contributed by atoms with Gasteiger partial charge in [0, 0.05) is 9.79 Å². The van der Waals surface area contributed by atoms with E-state index in [9.17, 15) is 9.90 Å². The van der Waals surface area contributed by atoms with E-state index in [1.54, 1.807) is 41.1 Å². The summed E-state index contributed by atoms with van der Waals surface area (Å²) < 4.78 is 0. The Kier molecular flexibility index (Phi) is 4.80. The summed E-state index contributed by atoms with van der Waals surface area (Å²) in [5, 5.41) is 13.6. The fourth-order valence-electron chi connectivity index (χ4n) is 2.89. The fourth-order valence-corrected chi connectivity index (χ4v) is 3.95. The minimum Gasteiger partial charge on any atom is -0.508 e. The highest BCUT2D eigenvalue weighted by Gasteiger charge is 2.27. The molecular weight excluding hydrogens is 358 g/mol. The van der Waals surface area contributed by atoms with E-state index in [2.05, 4.69) is 10.5 Å². The van der Waals surface area contributed by atoms with Crippen LogP contribution in [-0.2, 0) is 4.79 Å². The van der Waals surface area contributed by atoms with Crippen LogP contribution in [0, 0.1) is 0 Å². The van der Waals surface area contributed by atoms with Gasteiger partial charge in [-0.25, -0.2) is 0 Å². The number of para-hydroxylation sites is 2. The van der Waals surface area contributed by atoms with Gasteiger partial charge in [-0.2, -0.15) is 5.10 Å². The first-order valence-corrected chi connectivity index (χ1v) is 9.28. The Hall–Kier alpha value is -3.25. The van der Waals surface area contributed by atoms with Gasteiger partial charge in [0.05, 0.1) is 17.6 Å². The molecule has 1 aliphatic rings. The van der Waals surface area contributed by atoms with Crippen molar-refractivity contribution >= 4 is 35.3 Å². The molecule has 0 bridgehead atoms. The van der Waals surface area contributed by atoms with Gasteiger partial charge < -0.3 is 10.5 Å². The average Bonchev–Trinajstić information content (AvgIpc) is 2.69. The van der Waals surface area contributed by atoms with Gasteiger partial charge in [-0.15, -0.1) is 0 Å². The molecule has 0 saturated carbocycles. The number of benzene rings is 3. The second-order valence-electron chi connectivity index (χ2n) is 5.95. The Morgan fingerprint density at radius 3 is 2.33 bits per heavy atom. The molecule has 5 nitrogen and oxygen atoms in total. The van der Waals surface area contributed by atoms with Crippen LogP contribution in [0.5, 0.6) is 5.75 Å². The minimum absolute atomic E-state index is 0.0582. The van der Waals surface area contributed by atoms with Crippen molar-refractivity contribution in [2.24, 2.45) is 5.10 Å². The predicted octanol–water partition coefficient (Wildman–Crippen LogP) is 4.15. The molecule has 1 amide bonds. The van der Waals surface area contributed by atoms with Gasteiger partial charge in [0.15, 0.2) is 0 Å². The third-order valence-electron chi connectivity index (χ3n) is 4.09. The first-order chi connectivity index (χ1) is 13.2. The molecule has 4 rings (SSSR count). The highest BCUT2D eigenvalue weighted by molar-refractivity contribution is 7.99. The second-order valence-corrected chi connectivity index (χ2v) is 7.04. The van der Waals surface area contributed by atoms with Crippen LogP contribution in [0.3, 0.4) is 0 Å². The number of hydrogen-bond donors (Lipinski definition) is 2. The molecule has 0 unspecified atom stereocenters. The number of anilines is 2. The van der Waals surface area contributed by atoms with Crippen molar-refractivity contribution in [1.29, 1.82) is 0 Å². The van der Waals surface area contributed by atoms with Crippen molar-refractivity contribution in [3.05, 3.63) is 78.4 Å². The van der Waals surface area contributed by atoms with Gasteiger partial charge in [-0.05, 0) is 42.0 Å². The summed E-state index contributed by atoms with van der Waals surface area (Å²) in [6.45, 7) is 0.0582. The van der Waals surface area contributed by atoms with Crippen molar-refractivity contribution in [3.8, 4) is 5.75 Å². The van der Waals surface area contributed by atoms with Crippen molar-refractivity contribution < 1.29 is 9.90 Å². The molecule has 1 aliphatic heterocycles. The van der Waals surface area contributed by atoms with E-state index < -0.39 is 0 Å². The lowest BCUT2D eigenvalue weighted by atomic mass is 10.2. The number of rotatable bonds is 4. The van der Waals surface area contributed by atoms with Crippen molar-refractivity contribution in [2.45, 2.75) is 9.79 Å². The number of nitrogens with one attached hydrogen (secondary N) is 1. The summed E-state index contributed by atoms with van der Waals surface area (Å²) in [7, 11) is 0. The van der Waals surface area contributed by atoms with Crippen LogP contribution in [-0.4, -0.2) is 23.8 Å². The Morgan fingerprint density at radius 1 is 1.00 bits per heavy atom. The summed E-state index contributed by atoms with van der Waals surface area (Å²) in [5.74, 6) is 0.0808. The van der Waals surface area contributed by atoms with Crippen molar-refractivity contribution in [1.82, 2.24) is 5.43 Å². The number of aromatic hydroxyl groups is 1. The Labute approximate surface area is 161 Å². The molecule has 0 radical (unpaired) electrons. The van der Waals surface area contributed by atoms with E-state index in [-0.39, 0.29) is 18.2 Å².